The van der Waals surface area contributed by atoms with Gasteiger partial charge in [0.2, 0.25) is 0 Å². The molecule has 0 saturated heterocycles. The van der Waals surface area contributed by atoms with E-state index in [2.05, 4.69) is 4.98 Å². The van der Waals surface area contributed by atoms with Crippen LogP contribution in [-0.2, 0) is 6.54 Å². The average Bonchev–Trinajstić information content (AvgIpc) is 2.76. The van der Waals surface area contributed by atoms with Crippen molar-refractivity contribution in [3.8, 4) is 5.75 Å². The van der Waals surface area contributed by atoms with Crippen LogP contribution >= 0.6 is 0 Å². The fraction of sp³-hybridized carbons (Fsp3) is 0.357. The molecule has 0 aliphatic heterocycles. The molecule has 4 heteroatoms. The monoisotopic (exact) mass is 246 g/mol. The third-order valence-electron chi connectivity index (χ3n) is 2.88. The van der Waals surface area contributed by atoms with Crippen molar-refractivity contribution < 1.29 is 9.84 Å². The van der Waals surface area contributed by atoms with E-state index in [1.807, 2.05) is 42.0 Å². The molecule has 0 bridgehead atoms. The molecule has 0 saturated carbocycles. The van der Waals surface area contributed by atoms with Crippen molar-refractivity contribution in [2.75, 3.05) is 6.61 Å². The van der Waals surface area contributed by atoms with Crippen molar-refractivity contribution in [2.24, 2.45) is 0 Å². The Balaban J connectivity index is 1.96. The molecule has 0 aliphatic rings. The highest BCUT2D eigenvalue weighted by atomic mass is 16.5. The van der Waals surface area contributed by atoms with Gasteiger partial charge in [-0.15, -0.1) is 0 Å². The van der Waals surface area contributed by atoms with Gasteiger partial charge in [0.25, 0.3) is 0 Å². The minimum atomic E-state index is -0.517. The Morgan fingerprint density at radius 3 is 2.83 bits per heavy atom. The largest absolute Gasteiger partial charge is 0.491 e. The van der Waals surface area contributed by atoms with Crippen molar-refractivity contribution in [1.29, 1.82) is 0 Å². The topological polar surface area (TPSA) is 47.3 Å². The number of hydrogen-bond acceptors (Lipinski definition) is 3. The van der Waals surface area contributed by atoms with Crippen LogP contribution in [0.2, 0.25) is 0 Å². The third-order valence-corrected chi connectivity index (χ3v) is 2.88. The van der Waals surface area contributed by atoms with Gasteiger partial charge in [0, 0.05) is 18.0 Å². The normalized spacial score (nSPS) is 12.4. The van der Waals surface area contributed by atoms with Gasteiger partial charge >= 0.3 is 0 Å². The summed E-state index contributed by atoms with van der Waals surface area (Å²) in [4.78, 5) is 4.16. The minimum absolute atomic E-state index is 0.517. The second-order valence-corrected chi connectivity index (χ2v) is 4.23. The van der Waals surface area contributed by atoms with Gasteiger partial charge in [-0.1, -0.05) is 18.2 Å². The second kappa shape index (κ2) is 5.69. The number of nitrogens with zero attached hydrogens (tertiary/aromatic N) is 2. The van der Waals surface area contributed by atoms with Gasteiger partial charge in [0.15, 0.2) is 0 Å². The van der Waals surface area contributed by atoms with Crippen LogP contribution in [0.1, 0.15) is 24.4 Å². The standard InChI is InChI=1S/C14H18N2O2/c1-11(17)13-5-3-4-6-14(13)18-10-9-16-8-7-15-12(16)2/h3-8,11,17H,9-10H2,1-2H3/t11-/m1/s1. The van der Waals surface area contributed by atoms with E-state index in [9.17, 15) is 5.11 Å². The van der Waals surface area contributed by atoms with Crippen LogP contribution < -0.4 is 4.74 Å². The van der Waals surface area contributed by atoms with E-state index in [0.29, 0.717) is 6.61 Å². The van der Waals surface area contributed by atoms with Crippen LogP contribution in [0.4, 0.5) is 0 Å². The molecule has 1 N–H and O–H groups in total. The fourth-order valence-electron chi connectivity index (χ4n) is 1.85. The summed E-state index contributed by atoms with van der Waals surface area (Å²) in [5, 5.41) is 9.64. The van der Waals surface area contributed by atoms with Gasteiger partial charge in [0.1, 0.15) is 18.2 Å². The summed E-state index contributed by atoms with van der Waals surface area (Å²) in [7, 11) is 0. The highest BCUT2D eigenvalue weighted by Crippen LogP contribution is 2.24. The third kappa shape index (κ3) is 2.90. The molecule has 1 heterocycles. The molecule has 2 aromatic rings. The molecular formula is C14H18N2O2. The first-order valence-corrected chi connectivity index (χ1v) is 6.06. The molecule has 1 atom stereocenters. The van der Waals surface area contributed by atoms with Crippen LogP contribution in [-0.4, -0.2) is 21.3 Å². The van der Waals surface area contributed by atoms with Crippen LogP contribution in [0.3, 0.4) is 0 Å². The Morgan fingerprint density at radius 2 is 2.17 bits per heavy atom. The summed E-state index contributed by atoms with van der Waals surface area (Å²) in [6.45, 7) is 5.01. The maximum Gasteiger partial charge on any atom is 0.125 e. The van der Waals surface area contributed by atoms with Crippen LogP contribution in [0.15, 0.2) is 36.7 Å². The molecule has 0 amide bonds. The lowest BCUT2D eigenvalue weighted by Crippen LogP contribution is -2.10. The van der Waals surface area contributed by atoms with Crippen LogP contribution in [0.5, 0.6) is 5.75 Å². The number of aryl methyl sites for hydroxylation is 1. The Bertz CT molecular complexity index is 506. The van der Waals surface area contributed by atoms with Gasteiger partial charge in [-0.25, -0.2) is 4.98 Å². The zero-order valence-electron chi connectivity index (χ0n) is 10.7. The molecule has 1 aromatic heterocycles. The highest BCUT2D eigenvalue weighted by molar-refractivity contribution is 5.34. The smallest absolute Gasteiger partial charge is 0.125 e. The fourth-order valence-corrected chi connectivity index (χ4v) is 1.85. The number of para-hydroxylation sites is 1. The summed E-state index contributed by atoms with van der Waals surface area (Å²) in [6, 6.07) is 7.56. The number of rotatable bonds is 5. The second-order valence-electron chi connectivity index (χ2n) is 4.23. The number of aliphatic hydroxyl groups is 1. The quantitative estimate of drug-likeness (QED) is 0.880. The van der Waals surface area contributed by atoms with Crippen molar-refractivity contribution >= 4 is 0 Å². The van der Waals surface area contributed by atoms with Gasteiger partial charge in [-0.2, -0.15) is 0 Å². The molecule has 0 radical (unpaired) electrons. The molecule has 18 heavy (non-hydrogen) atoms. The molecule has 1 aromatic carbocycles. The van der Waals surface area contributed by atoms with Crippen molar-refractivity contribution in [2.45, 2.75) is 26.5 Å². The van der Waals surface area contributed by atoms with Crippen molar-refractivity contribution in [3.05, 3.63) is 48.0 Å². The first kappa shape index (κ1) is 12.6. The molecule has 0 aliphatic carbocycles. The maximum atomic E-state index is 9.64. The van der Waals surface area contributed by atoms with Crippen molar-refractivity contribution in [1.82, 2.24) is 9.55 Å². The van der Waals surface area contributed by atoms with E-state index in [1.165, 1.54) is 0 Å². The van der Waals surface area contributed by atoms with Gasteiger partial charge in [0.05, 0.1) is 12.6 Å². The predicted molar refractivity (Wildman–Crippen MR) is 69.5 cm³/mol. The summed E-state index contributed by atoms with van der Waals surface area (Å²) in [5.74, 6) is 1.72. The maximum absolute atomic E-state index is 9.64. The molecule has 0 unspecified atom stereocenters. The molecule has 0 fully saturated rings. The zero-order valence-corrected chi connectivity index (χ0v) is 10.7. The summed E-state index contributed by atoms with van der Waals surface area (Å²) < 4.78 is 7.75. The number of aliphatic hydroxyl groups excluding tert-OH is 1. The molecule has 96 valence electrons. The number of imidazole rings is 1. The Labute approximate surface area is 107 Å². The predicted octanol–water partition coefficient (Wildman–Crippen LogP) is 2.32. The Kier molecular flexibility index (Phi) is 3.99. The van der Waals surface area contributed by atoms with Crippen LogP contribution in [0, 0.1) is 6.92 Å². The number of hydrogen-bond donors (Lipinski definition) is 1. The first-order valence-electron chi connectivity index (χ1n) is 6.06. The van der Waals surface area contributed by atoms with Crippen LogP contribution in [0.25, 0.3) is 0 Å². The van der Waals surface area contributed by atoms with E-state index in [1.54, 1.807) is 13.1 Å². The van der Waals surface area contributed by atoms with E-state index in [4.69, 9.17) is 4.74 Å². The molecule has 4 nitrogen and oxygen atoms in total. The van der Waals surface area contributed by atoms with E-state index in [-0.39, 0.29) is 0 Å². The first-order chi connectivity index (χ1) is 8.68. The lowest BCUT2D eigenvalue weighted by atomic mass is 10.1. The number of ether oxygens (including phenoxy) is 1. The summed E-state index contributed by atoms with van der Waals surface area (Å²) in [6.07, 6.45) is 3.19. The molecular weight excluding hydrogens is 228 g/mol. The molecule has 0 spiro atoms. The van der Waals surface area contributed by atoms with Crippen molar-refractivity contribution in [3.63, 3.8) is 0 Å². The lowest BCUT2D eigenvalue weighted by Gasteiger charge is -2.13. The Hall–Kier alpha value is -1.81. The van der Waals surface area contributed by atoms with Gasteiger partial charge < -0.3 is 14.4 Å². The number of benzene rings is 1. The lowest BCUT2D eigenvalue weighted by molar-refractivity contribution is 0.190. The van der Waals surface area contributed by atoms with E-state index >= 15 is 0 Å². The SMILES string of the molecule is Cc1nccn1CCOc1ccccc1[C@@H](C)O. The Morgan fingerprint density at radius 1 is 1.39 bits per heavy atom. The summed E-state index contributed by atoms with van der Waals surface area (Å²) in [5.41, 5.74) is 0.819. The van der Waals surface area contributed by atoms with E-state index < -0.39 is 6.10 Å². The average molecular weight is 246 g/mol. The van der Waals surface area contributed by atoms with Gasteiger partial charge in [-0.05, 0) is 19.9 Å². The highest BCUT2D eigenvalue weighted by Gasteiger charge is 2.07. The summed E-state index contributed by atoms with van der Waals surface area (Å²) >= 11 is 0. The van der Waals surface area contributed by atoms with Gasteiger partial charge in [-0.3, -0.25) is 0 Å². The molecule has 2 rings (SSSR count). The van der Waals surface area contributed by atoms with E-state index in [0.717, 1.165) is 23.7 Å². The number of aromatic nitrogens is 2. The zero-order chi connectivity index (χ0) is 13.0. The minimum Gasteiger partial charge on any atom is -0.491 e.